The van der Waals surface area contributed by atoms with E-state index in [-0.39, 0.29) is 10.6 Å². The SMILES string of the molecule is COc1ccc([N+](=O)[O-])cc1CNC1CC1C. The molecule has 1 N–H and O–H groups in total. The van der Waals surface area contributed by atoms with E-state index < -0.39 is 0 Å². The van der Waals surface area contributed by atoms with Gasteiger partial charge in [-0.2, -0.15) is 0 Å². The van der Waals surface area contributed by atoms with Crippen LogP contribution in [0.25, 0.3) is 0 Å². The molecule has 2 atom stereocenters. The van der Waals surface area contributed by atoms with Gasteiger partial charge in [0.15, 0.2) is 0 Å². The molecule has 0 saturated heterocycles. The summed E-state index contributed by atoms with van der Waals surface area (Å²) >= 11 is 0. The average Bonchev–Trinajstić information content (AvgIpc) is 3.02. The molecular weight excluding hydrogens is 220 g/mol. The molecular formula is C12H16N2O3. The van der Waals surface area contributed by atoms with Crippen LogP contribution < -0.4 is 10.1 Å². The Morgan fingerprint density at radius 2 is 2.29 bits per heavy atom. The third-order valence-corrected chi connectivity index (χ3v) is 3.14. The van der Waals surface area contributed by atoms with Crippen molar-refractivity contribution in [2.24, 2.45) is 5.92 Å². The predicted molar refractivity (Wildman–Crippen MR) is 64.1 cm³/mol. The van der Waals surface area contributed by atoms with Crippen LogP contribution in [-0.2, 0) is 6.54 Å². The second kappa shape index (κ2) is 4.71. The van der Waals surface area contributed by atoms with Crippen LogP contribution in [0.5, 0.6) is 5.75 Å². The van der Waals surface area contributed by atoms with E-state index in [1.807, 2.05) is 0 Å². The fraction of sp³-hybridized carbons (Fsp3) is 0.500. The summed E-state index contributed by atoms with van der Waals surface area (Å²) in [5.74, 6) is 1.40. The number of nitrogens with zero attached hydrogens (tertiary/aromatic N) is 1. The first-order valence-electron chi connectivity index (χ1n) is 5.66. The number of hydrogen-bond donors (Lipinski definition) is 1. The lowest BCUT2D eigenvalue weighted by molar-refractivity contribution is -0.384. The van der Waals surface area contributed by atoms with Gasteiger partial charge in [0, 0.05) is 30.3 Å². The molecule has 1 aliphatic rings. The molecule has 1 saturated carbocycles. The second-order valence-electron chi connectivity index (χ2n) is 4.45. The first-order chi connectivity index (χ1) is 8.11. The van der Waals surface area contributed by atoms with E-state index >= 15 is 0 Å². The number of methoxy groups -OCH3 is 1. The van der Waals surface area contributed by atoms with Gasteiger partial charge in [-0.25, -0.2) is 0 Å². The number of non-ortho nitro benzene ring substituents is 1. The fourth-order valence-corrected chi connectivity index (χ4v) is 1.86. The fourth-order valence-electron chi connectivity index (χ4n) is 1.86. The number of nitrogens with one attached hydrogen (secondary N) is 1. The van der Waals surface area contributed by atoms with Gasteiger partial charge in [0.25, 0.3) is 5.69 Å². The number of benzene rings is 1. The zero-order valence-corrected chi connectivity index (χ0v) is 9.97. The van der Waals surface area contributed by atoms with Crippen molar-refractivity contribution < 1.29 is 9.66 Å². The minimum atomic E-state index is -0.386. The minimum Gasteiger partial charge on any atom is -0.496 e. The largest absolute Gasteiger partial charge is 0.496 e. The van der Waals surface area contributed by atoms with Gasteiger partial charge >= 0.3 is 0 Å². The summed E-state index contributed by atoms with van der Waals surface area (Å²) in [7, 11) is 1.57. The van der Waals surface area contributed by atoms with Crippen LogP contribution in [0.15, 0.2) is 18.2 Å². The third kappa shape index (κ3) is 2.74. The smallest absolute Gasteiger partial charge is 0.270 e. The number of nitro benzene ring substituents is 1. The van der Waals surface area contributed by atoms with E-state index in [0.717, 1.165) is 5.56 Å². The molecule has 0 radical (unpaired) electrons. The van der Waals surface area contributed by atoms with Crippen LogP contribution >= 0.6 is 0 Å². The number of nitro groups is 1. The molecule has 0 aromatic heterocycles. The van der Waals surface area contributed by atoms with Crippen molar-refractivity contribution in [2.75, 3.05) is 7.11 Å². The van der Waals surface area contributed by atoms with Gasteiger partial charge < -0.3 is 10.1 Å². The van der Waals surface area contributed by atoms with Crippen LogP contribution in [0.4, 0.5) is 5.69 Å². The van der Waals surface area contributed by atoms with Gasteiger partial charge in [-0.05, 0) is 18.4 Å². The molecule has 0 bridgehead atoms. The first-order valence-corrected chi connectivity index (χ1v) is 5.66. The normalized spacial score (nSPS) is 22.2. The van der Waals surface area contributed by atoms with Crippen molar-refractivity contribution in [2.45, 2.75) is 25.9 Å². The zero-order chi connectivity index (χ0) is 12.4. The summed E-state index contributed by atoms with van der Waals surface area (Å²) in [4.78, 5) is 10.3. The molecule has 17 heavy (non-hydrogen) atoms. The van der Waals surface area contributed by atoms with Gasteiger partial charge in [-0.3, -0.25) is 10.1 Å². The Labute approximate surface area is 99.9 Å². The highest BCUT2D eigenvalue weighted by Gasteiger charge is 2.31. The van der Waals surface area contributed by atoms with Gasteiger partial charge in [0.2, 0.25) is 0 Å². The predicted octanol–water partition coefficient (Wildman–Crippen LogP) is 2.10. The highest BCUT2D eigenvalue weighted by molar-refractivity contribution is 5.43. The highest BCUT2D eigenvalue weighted by atomic mass is 16.6. The summed E-state index contributed by atoms with van der Waals surface area (Å²) in [6.45, 7) is 2.79. The molecule has 1 aromatic carbocycles. The van der Waals surface area contributed by atoms with Crippen molar-refractivity contribution in [3.8, 4) is 5.75 Å². The molecule has 0 aliphatic heterocycles. The van der Waals surface area contributed by atoms with Crippen molar-refractivity contribution >= 4 is 5.69 Å². The Hall–Kier alpha value is -1.62. The van der Waals surface area contributed by atoms with E-state index in [1.165, 1.54) is 12.5 Å². The third-order valence-electron chi connectivity index (χ3n) is 3.14. The lowest BCUT2D eigenvalue weighted by atomic mass is 10.1. The van der Waals surface area contributed by atoms with Crippen LogP contribution in [0.3, 0.4) is 0 Å². The maximum Gasteiger partial charge on any atom is 0.270 e. The molecule has 2 unspecified atom stereocenters. The summed E-state index contributed by atoms with van der Waals surface area (Å²) in [6, 6.07) is 5.21. The summed E-state index contributed by atoms with van der Waals surface area (Å²) in [6.07, 6.45) is 1.18. The van der Waals surface area contributed by atoms with Gasteiger partial charge in [0.1, 0.15) is 5.75 Å². The van der Waals surface area contributed by atoms with E-state index in [9.17, 15) is 10.1 Å². The van der Waals surface area contributed by atoms with E-state index in [0.29, 0.717) is 24.3 Å². The molecule has 92 valence electrons. The standard InChI is InChI=1S/C12H16N2O3/c1-8-5-11(8)13-7-9-6-10(14(15)16)3-4-12(9)17-2/h3-4,6,8,11,13H,5,7H2,1-2H3. The van der Waals surface area contributed by atoms with Crippen LogP contribution in [0.2, 0.25) is 0 Å². The Morgan fingerprint density at radius 3 is 2.82 bits per heavy atom. The molecule has 5 nitrogen and oxygen atoms in total. The van der Waals surface area contributed by atoms with Gasteiger partial charge in [-0.15, -0.1) is 0 Å². The molecule has 1 aromatic rings. The van der Waals surface area contributed by atoms with E-state index in [2.05, 4.69) is 12.2 Å². The quantitative estimate of drug-likeness (QED) is 0.628. The summed E-state index contributed by atoms with van der Waals surface area (Å²) in [5.41, 5.74) is 0.937. The minimum absolute atomic E-state index is 0.103. The molecule has 5 heteroatoms. The van der Waals surface area contributed by atoms with Crippen LogP contribution in [0.1, 0.15) is 18.9 Å². The second-order valence-corrected chi connectivity index (χ2v) is 4.45. The molecule has 1 aliphatic carbocycles. The molecule has 0 spiro atoms. The van der Waals surface area contributed by atoms with E-state index in [4.69, 9.17) is 4.74 Å². The van der Waals surface area contributed by atoms with Crippen molar-refractivity contribution in [1.29, 1.82) is 0 Å². The molecule has 0 amide bonds. The summed E-state index contributed by atoms with van der Waals surface area (Å²) < 4.78 is 5.20. The molecule has 0 heterocycles. The average molecular weight is 236 g/mol. The lowest BCUT2D eigenvalue weighted by Crippen LogP contribution is -2.17. The summed E-state index contributed by atoms with van der Waals surface area (Å²) in [5, 5.41) is 14.1. The maximum atomic E-state index is 10.7. The molecule has 2 rings (SSSR count). The Morgan fingerprint density at radius 1 is 1.59 bits per heavy atom. The maximum absolute atomic E-state index is 10.7. The lowest BCUT2D eigenvalue weighted by Gasteiger charge is -2.09. The number of ether oxygens (including phenoxy) is 1. The van der Waals surface area contributed by atoms with Gasteiger partial charge in [0.05, 0.1) is 12.0 Å². The topological polar surface area (TPSA) is 64.4 Å². The highest BCUT2D eigenvalue weighted by Crippen LogP contribution is 2.30. The van der Waals surface area contributed by atoms with Crippen molar-refractivity contribution in [3.63, 3.8) is 0 Å². The van der Waals surface area contributed by atoms with Crippen LogP contribution in [0, 0.1) is 16.0 Å². The van der Waals surface area contributed by atoms with Crippen LogP contribution in [-0.4, -0.2) is 18.1 Å². The molecule has 1 fully saturated rings. The first kappa shape index (κ1) is 11.9. The Kier molecular flexibility index (Phi) is 3.28. The number of rotatable bonds is 5. The van der Waals surface area contributed by atoms with Crippen molar-refractivity contribution in [3.05, 3.63) is 33.9 Å². The van der Waals surface area contributed by atoms with Crippen molar-refractivity contribution in [1.82, 2.24) is 5.32 Å². The Balaban J connectivity index is 2.11. The van der Waals surface area contributed by atoms with Gasteiger partial charge in [-0.1, -0.05) is 6.92 Å². The van der Waals surface area contributed by atoms with E-state index in [1.54, 1.807) is 19.2 Å². The Bertz CT molecular complexity index is 434. The number of hydrogen-bond acceptors (Lipinski definition) is 4. The monoisotopic (exact) mass is 236 g/mol. The zero-order valence-electron chi connectivity index (χ0n) is 9.97.